The van der Waals surface area contributed by atoms with E-state index in [9.17, 15) is 9.59 Å². The molecular weight excluding hydrogens is 332 g/mol. The summed E-state index contributed by atoms with van der Waals surface area (Å²) in [6, 6.07) is 4.15. The number of aromatic amines is 1. The summed E-state index contributed by atoms with van der Waals surface area (Å²) >= 11 is 0. The lowest BCUT2D eigenvalue weighted by Gasteiger charge is -2.42. The number of hydrogen-bond donors (Lipinski definition) is 2. The fraction of sp³-hybridized carbons (Fsp3) is 0.684. The highest BCUT2D eigenvalue weighted by Crippen LogP contribution is 2.24. The molecule has 0 bridgehead atoms. The Bertz CT molecular complexity index is 582. The first-order valence-corrected chi connectivity index (χ1v) is 9.62. The van der Waals surface area contributed by atoms with Crippen molar-refractivity contribution in [1.29, 1.82) is 0 Å². The van der Waals surface area contributed by atoms with Crippen molar-refractivity contribution in [1.82, 2.24) is 20.1 Å². The number of likely N-dealkylation sites (tertiary alicyclic amines) is 2. The molecule has 0 radical (unpaired) electrons. The second kappa shape index (κ2) is 9.19. The summed E-state index contributed by atoms with van der Waals surface area (Å²) in [4.78, 5) is 32.1. The highest BCUT2D eigenvalue weighted by atomic mass is 16.5. The zero-order valence-electron chi connectivity index (χ0n) is 15.6. The maximum atomic E-state index is 12.4. The minimum Gasteiger partial charge on any atom is -0.383 e. The molecule has 2 amide bonds. The average Bonchev–Trinajstić information content (AvgIpc) is 3.22. The van der Waals surface area contributed by atoms with Gasteiger partial charge in [0.2, 0.25) is 5.91 Å². The van der Waals surface area contributed by atoms with E-state index in [1.54, 1.807) is 13.3 Å². The summed E-state index contributed by atoms with van der Waals surface area (Å²) in [6.07, 6.45) is 5.75. The maximum Gasteiger partial charge on any atom is 0.270 e. The second-order valence-corrected chi connectivity index (χ2v) is 7.23. The van der Waals surface area contributed by atoms with Gasteiger partial charge in [0.15, 0.2) is 0 Å². The third-order valence-corrected chi connectivity index (χ3v) is 5.53. The Balaban J connectivity index is 1.46. The van der Waals surface area contributed by atoms with Gasteiger partial charge in [0.05, 0.1) is 12.5 Å². The molecule has 2 saturated heterocycles. The maximum absolute atomic E-state index is 12.4. The van der Waals surface area contributed by atoms with Crippen molar-refractivity contribution in [3.8, 4) is 0 Å². The molecular formula is C19H30N4O3. The number of amides is 2. The number of H-pyrrole nitrogens is 1. The molecule has 0 aromatic carbocycles. The van der Waals surface area contributed by atoms with Crippen molar-refractivity contribution < 1.29 is 14.3 Å². The first-order valence-electron chi connectivity index (χ1n) is 9.62. The lowest BCUT2D eigenvalue weighted by Crippen LogP contribution is -2.51. The Morgan fingerprint density at radius 1 is 1.27 bits per heavy atom. The number of methoxy groups -OCH3 is 1. The zero-order valence-corrected chi connectivity index (χ0v) is 15.6. The van der Waals surface area contributed by atoms with Crippen LogP contribution in [-0.2, 0) is 9.53 Å². The van der Waals surface area contributed by atoms with Crippen molar-refractivity contribution in [2.24, 2.45) is 5.92 Å². The number of piperidine rings is 2. The van der Waals surface area contributed by atoms with Crippen LogP contribution < -0.4 is 5.32 Å². The Morgan fingerprint density at radius 2 is 2.08 bits per heavy atom. The fourth-order valence-corrected chi connectivity index (χ4v) is 4.04. The monoisotopic (exact) mass is 362 g/mol. The van der Waals surface area contributed by atoms with Gasteiger partial charge in [-0.1, -0.05) is 0 Å². The topological polar surface area (TPSA) is 77.7 Å². The van der Waals surface area contributed by atoms with Crippen LogP contribution in [-0.4, -0.2) is 79.1 Å². The molecule has 2 N–H and O–H groups in total. The van der Waals surface area contributed by atoms with Crippen molar-refractivity contribution >= 4 is 11.8 Å². The number of nitrogens with zero attached hydrogens (tertiary/aromatic N) is 2. The van der Waals surface area contributed by atoms with Crippen molar-refractivity contribution in [2.45, 2.75) is 31.7 Å². The number of rotatable bonds is 6. The van der Waals surface area contributed by atoms with E-state index in [-0.39, 0.29) is 17.7 Å². The molecule has 144 valence electrons. The van der Waals surface area contributed by atoms with Crippen LogP contribution >= 0.6 is 0 Å². The molecule has 7 heteroatoms. The molecule has 2 fully saturated rings. The molecule has 3 heterocycles. The molecule has 0 aliphatic carbocycles. The summed E-state index contributed by atoms with van der Waals surface area (Å²) in [5.41, 5.74) is 0.661. The molecule has 26 heavy (non-hydrogen) atoms. The SMILES string of the molecule is COCCNC(=O)C1CCCN(C2CCN(C(=O)c3ccc[nH]3)CC2)C1. The normalized spacial score (nSPS) is 22.3. The van der Waals surface area contributed by atoms with Crippen LogP contribution in [0.15, 0.2) is 18.3 Å². The molecule has 2 aliphatic rings. The molecule has 1 unspecified atom stereocenters. The molecule has 7 nitrogen and oxygen atoms in total. The number of hydrogen-bond acceptors (Lipinski definition) is 4. The third-order valence-electron chi connectivity index (χ3n) is 5.53. The first kappa shape index (κ1) is 18.9. The second-order valence-electron chi connectivity index (χ2n) is 7.23. The summed E-state index contributed by atoms with van der Waals surface area (Å²) in [5.74, 6) is 0.299. The van der Waals surface area contributed by atoms with Crippen LogP contribution in [0.1, 0.15) is 36.2 Å². The van der Waals surface area contributed by atoms with E-state index in [2.05, 4.69) is 15.2 Å². The van der Waals surface area contributed by atoms with Gasteiger partial charge in [-0.2, -0.15) is 0 Å². The number of carbonyl (C=O) groups is 2. The number of nitrogens with one attached hydrogen (secondary N) is 2. The summed E-state index contributed by atoms with van der Waals surface area (Å²) in [7, 11) is 1.64. The Kier molecular flexibility index (Phi) is 6.68. The minimum absolute atomic E-state index is 0.0687. The highest BCUT2D eigenvalue weighted by Gasteiger charge is 2.32. The summed E-state index contributed by atoms with van der Waals surface area (Å²) < 4.78 is 4.99. The van der Waals surface area contributed by atoms with Gasteiger partial charge in [-0.3, -0.25) is 14.5 Å². The molecule has 0 spiro atoms. The lowest BCUT2D eigenvalue weighted by atomic mass is 9.93. The zero-order chi connectivity index (χ0) is 18.4. The van der Waals surface area contributed by atoms with Gasteiger partial charge in [-0.15, -0.1) is 0 Å². The fourth-order valence-electron chi connectivity index (χ4n) is 4.04. The van der Waals surface area contributed by atoms with Crippen LogP contribution in [0.5, 0.6) is 0 Å². The van der Waals surface area contributed by atoms with Crippen molar-refractivity contribution in [3.05, 3.63) is 24.0 Å². The van der Waals surface area contributed by atoms with E-state index in [0.717, 1.165) is 51.9 Å². The quantitative estimate of drug-likeness (QED) is 0.743. The van der Waals surface area contributed by atoms with E-state index >= 15 is 0 Å². The molecule has 1 aromatic rings. The standard InChI is InChI=1S/C19H30N4O3/c1-26-13-9-21-18(24)15-4-3-10-23(14-15)16-6-11-22(12-7-16)19(25)17-5-2-8-20-17/h2,5,8,15-16,20H,3-4,6-7,9-14H2,1H3,(H,21,24). The van der Waals surface area contributed by atoms with Gasteiger partial charge < -0.3 is 19.9 Å². The molecule has 1 aromatic heterocycles. The predicted octanol–water partition coefficient (Wildman–Crippen LogP) is 1.09. The van der Waals surface area contributed by atoms with Crippen LogP contribution in [0.3, 0.4) is 0 Å². The van der Waals surface area contributed by atoms with Crippen molar-refractivity contribution in [2.75, 3.05) is 46.4 Å². The van der Waals surface area contributed by atoms with Gasteiger partial charge in [0.1, 0.15) is 5.69 Å². The Morgan fingerprint density at radius 3 is 2.77 bits per heavy atom. The summed E-state index contributed by atoms with van der Waals surface area (Å²) in [6.45, 7) is 4.57. The number of carbonyl (C=O) groups excluding carboxylic acids is 2. The third kappa shape index (κ3) is 4.65. The van der Waals surface area contributed by atoms with Gasteiger partial charge in [0.25, 0.3) is 5.91 Å². The molecule has 2 aliphatic heterocycles. The van der Waals surface area contributed by atoms with Gasteiger partial charge in [-0.25, -0.2) is 0 Å². The van der Waals surface area contributed by atoms with E-state index in [4.69, 9.17) is 4.74 Å². The van der Waals surface area contributed by atoms with Gasteiger partial charge in [-0.05, 0) is 44.4 Å². The van der Waals surface area contributed by atoms with Crippen LogP contribution in [0.4, 0.5) is 0 Å². The van der Waals surface area contributed by atoms with E-state index in [0.29, 0.717) is 24.9 Å². The first-order chi connectivity index (χ1) is 12.7. The number of aromatic nitrogens is 1. The van der Waals surface area contributed by atoms with Crippen LogP contribution in [0.25, 0.3) is 0 Å². The molecule has 3 rings (SSSR count). The highest BCUT2D eigenvalue weighted by molar-refractivity contribution is 5.92. The van der Waals surface area contributed by atoms with E-state index in [1.165, 1.54) is 0 Å². The Labute approximate surface area is 155 Å². The van der Waals surface area contributed by atoms with Gasteiger partial charge >= 0.3 is 0 Å². The Hall–Kier alpha value is -1.86. The van der Waals surface area contributed by atoms with Crippen LogP contribution in [0, 0.1) is 5.92 Å². The smallest absolute Gasteiger partial charge is 0.270 e. The minimum atomic E-state index is 0.0687. The molecule has 1 atom stereocenters. The average molecular weight is 362 g/mol. The van der Waals surface area contributed by atoms with E-state index in [1.807, 2.05) is 17.0 Å². The molecule has 0 saturated carbocycles. The van der Waals surface area contributed by atoms with Crippen LogP contribution in [0.2, 0.25) is 0 Å². The number of ether oxygens (including phenoxy) is 1. The summed E-state index contributed by atoms with van der Waals surface area (Å²) in [5, 5.41) is 2.97. The predicted molar refractivity (Wildman–Crippen MR) is 98.9 cm³/mol. The largest absolute Gasteiger partial charge is 0.383 e. The van der Waals surface area contributed by atoms with E-state index < -0.39 is 0 Å². The van der Waals surface area contributed by atoms with Gasteiger partial charge in [0, 0.05) is 45.5 Å². The lowest BCUT2D eigenvalue weighted by molar-refractivity contribution is -0.127. The van der Waals surface area contributed by atoms with Crippen molar-refractivity contribution in [3.63, 3.8) is 0 Å².